The lowest BCUT2D eigenvalue weighted by molar-refractivity contribution is 0.0829. The second kappa shape index (κ2) is 4.64. The van der Waals surface area contributed by atoms with Crippen LogP contribution in [-0.4, -0.2) is 23.0 Å². The topological polar surface area (TPSA) is 42.8 Å². The monoisotopic (exact) mass is 265 g/mol. The molecule has 3 heteroatoms. The van der Waals surface area contributed by atoms with E-state index >= 15 is 0 Å². The molecule has 102 valence electrons. The van der Waals surface area contributed by atoms with Gasteiger partial charge in [0, 0.05) is 29.6 Å². The van der Waals surface area contributed by atoms with Gasteiger partial charge in [0.25, 0.3) is 0 Å². The van der Waals surface area contributed by atoms with Gasteiger partial charge in [-0.25, -0.2) is 0 Å². The second-order valence-corrected chi connectivity index (χ2v) is 6.06. The molecular weight excluding hydrogens is 246 g/mol. The number of benzene rings is 1. The average Bonchev–Trinajstić information content (AvgIpc) is 2.86. The molecule has 3 heterocycles. The number of nitriles is 1. The Morgan fingerprint density at radius 2 is 2.20 bits per heavy atom. The van der Waals surface area contributed by atoms with Gasteiger partial charge in [0.05, 0.1) is 12.1 Å². The molecule has 3 nitrogen and oxygen atoms in total. The first-order valence-corrected chi connectivity index (χ1v) is 7.59. The summed E-state index contributed by atoms with van der Waals surface area (Å²) in [4.78, 5) is 6.24. The lowest BCUT2D eigenvalue weighted by Crippen LogP contribution is -2.43. The Bertz CT molecular complexity index is 679. The van der Waals surface area contributed by atoms with Crippen LogP contribution in [0.15, 0.2) is 24.3 Å². The Labute approximate surface area is 119 Å². The van der Waals surface area contributed by atoms with Crippen molar-refractivity contribution in [3.8, 4) is 6.07 Å². The number of fused-ring (bicyclic) bond motifs is 5. The highest BCUT2D eigenvalue weighted by atomic mass is 15.2. The van der Waals surface area contributed by atoms with E-state index in [0.29, 0.717) is 18.4 Å². The Hall–Kier alpha value is -1.79. The molecule has 2 aliphatic rings. The van der Waals surface area contributed by atoms with Gasteiger partial charge in [0.15, 0.2) is 0 Å². The van der Waals surface area contributed by atoms with Crippen molar-refractivity contribution >= 4 is 10.9 Å². The molecule has 1 aromatic heterocycles. The quantitative estimate of drug-likeness (QED) is 0.858. The summed E-state index contributed by atoms with van der Waals surface area (Å²) in [7, 11) is 0. The fourth-order valence-electron chi connectivity index (χ4n) is 4.15. The van der Waals surface area contributed by atoms with Gasteiger partial charge in [-0.3, -0.25) is 4.90 Å². The molecule has 0 radical (unpaired) electrons. The number of hydrogen-bond acceptors (Lipinski definition) is 2. The van der Waals surface area contributed by atoms with Crippen molar-refractivity contribution in [1.29, 1.82) is 5.26 Å². The lowest BCUT2D eigenvalue weighted by Gasteiger charge is -2.43. The minimum absolute atomic E-state index is 0.430. The van der Waals surface area contributed by atoms with Crippen molar-refractivity contribution in [2.24, 2.45) is 5.92 Å². The highest BCUT2D eigenvalue weighted by Gasteiger charge is 2.37. The molecule has 0 aliphatic carbocycles. The van der Waals surface area contributed by atoms with Crippen molar-refractivity contribution in [1.82, 2.24) is 9.88 Å². The summed E-state index contributed by atoms with van der Waals surface area (Å²) in [5, 5.41) is 10.5. The number of para-hydroxylation sites is 1. The van der Waals surface area contributed by atoms with E-state index in [1.807, 2.05) is 0 Å². The van der Waals surface area contributed by atoms with Crippen molar-refractivity contribution in [3.63, 3.8) is 0 Å². The molecule has 1 aromatic carbocycles. The number of nitrogens with zero attached hydrogens (tertiary/aromatic N) is 2. The van der Waals surface area contributed by atoms with Crippen LogP contribution in [0.2, 0.25) is 0 Å². The molecule has 1 N–H and O–H groups in total. The van der Waals surface area contributed by atoms with E-state index in [1.54, 1.807) is 0 Å². The van der Waals surface area contributed by atoms with Crippen LogP contribution < -0.4 is 0 Å². The highest BCUT2D eigenvalue weighted by molar-refractivity contribution is 5.85. The maximum Gasteiger partial charge on any atom is 0.0625 e. The Kier molecular flexibility index (Phi) is 2.78. The van der Waals surface area contributed by atoms with E-state index in [1.165, 1.54) is 41.5 Å². The van der Waals surface area contributed by atoms with E-state index < -0.39 is 0 Å². The predicted molar refractivity (Wildman–Crippen MR) is 79.3 cm³/mol. The highest BCUT2D eigenvalue weighted by Crippen LogP contribution is 2.43. The molecule has 2 aliphatic heterocycles. The van der Waals surface area contributed by atoms with Gasteiger partial charge < -0.3 is 4.98 Å². The van der Waals surface area contributed by atoms with E-state index in [0.717, 1.165) is 13.0 Å². The van der Waals surface area contributed by atoms with Crippen molar-refractivity contribution < 1.29 is 0 Å². The van der Waals surface area contributed by atoms with Crippen LogP contribution in [0.4, 0.5) is 0 Å². The van der Waals surface area contributed by atoms with Crippen LogP contribution in [0.3, 0.4) is 0 Å². The molecule has 1 saturated heterocycles. The van der Waals surface area contributed by atoms with Gasteiger partial charge in [-0.2, -0.15) is 5.26 Å². The predicted octanol–water partition coefficient (Wildman–Crippen LogP) is 3.39. The Morgan fingerprint density at radius 3 is 3.10 bits per heavy atom. The third-order valence-electron chi connectivity index (χ3n) is 5.01. The molecule has 1 fully saturated rings. The zero-order valence-corrected chi connectivity index (χ0v) is 11.6. The van der Waals surface area contributed by atoms with Crippen LogP contribution >= 0.6 is 0 Å². The summed E-state index contributed by atoms with van der Waals surface area (Å²) in [6.07, 6.45) is 4.23. The van der Waals surface area contributed by atoms with Crippen molar-refractivity contribution in [3.05, 3.63) is 35.5 Å². The summed E-state index contributed by atoms with van der Waals surface area (Å²) < 4.78 is 0. The van der Waals surface area contributed by atoms with E-state index in [9.17, 15) is 0 Å². The number of piperidine rings is 1. The van der Waals surface area contributed by atoms with E-state index in [4.69, 9.17) is 5.26 Å². The molecule has 4 rings (SSSR count). The number of aromatic amines is 1. The molecule has 0 amide bonds. The van der Waals surface area contributed by atoms with E-state index in [2.05, 4.69) is 40.2 Å². The Balaban J connectivity index is 1.85. The van der Waals surface area contributed by atoms with Gasteiger partial charge in [0.2, 0.25) is 0 Å². The first-order chi connectivity index (χ1) is 9.88. The number of hydrogen-bond donors (Lipinski definition) is 1. The van der Waals surface area contributed by atoms with Gasteiger partial charge in [0.1, 0.15) is 0 Å². The van der Waals surface area contributed by atoms with Gasteiger partial charge >= 0.3 is 0 Å². The smallest absolute Gasteiger partial charge is 0.0625 e. The third kappa shape index (κ3) is 1.68. The average molecular weight is 265 g/mol. The minimum Gasteiger partial charge on any atom is -0.357 e. The minimum atomic E-state index is 0.430. The molecule has 20 heavy (non-hydrogen) atoms. The molecule has 2 aromatic rings. The molecule has 2 atom stereocenters. The SMILES string of the molecule is N#CC[C@H]1CCCN2CCc3c([nH]c4ccccc34)[C@@H]12. The first-order valence-electron chi connectivity index (χ1n) is 7.59. The fraction of sp³-hybridized carbons (Fsp3) is 0.471. The van der Waals surface area contributed by atoms with Crippen LogP contribution in [-0.2, 0) is 6.42 Å². The summed E-state index contributed by atoms with van der Waals surface area (Å²) in [6, 6.07) is 11.4. The molecule has 0 bridgehead atoms. The van der Waals surface area contributed by atoms with Crippen LogP contribution in [0.25, 0.3) is 10.9 Å². The summed E-state index contributed by atoms with van der Waals surface area (Å²) in [5.74, 6) is 0.487. The normalized spacial score (nSPS) is 25.9. The Morgan fingerprint density at radius 1 is 1.30 bits per heavy atom. The third-order valence-corrected chi connectivity index (χ3v) is 5.01. The zero-order valence-electron chi connectivity index (χ0n) is 11.6. The van der Waals surface area contributed by atoms with Gasteiger partial charge in [-0.1, -0.05) is 18.2 Å². The standard InChI is InChI=1S/C17H19N3/c18-9-7-12-4-3-10-20-11-8-14-13-5-1-2-6-15(13)19-16(14)17(12)20/h1-2,5-6,12,17,19H,3-4,7-8,10-11H2/t12-,17-/m1/s1. The summed E-state index contributed by atoms with van der Waals surface area (Å²) >= 11 is 0. The number of aromatic nitrogens is 1. The number of nitrogens with one attached hydrogen (secondary N) is 1. The summed E-state index contributed by atoms with van der Waals surface area (Å²) in [5.41, 5.74) is 4.13. The van der Waals surface area contributed by atoms with Crippen LogP contribution in [0, 0.1) is 17.2 Å². The molecular formula is C17H19N3. The molecule has 0 spiro atoms. The maximum absolute atomic E-state index is 9.12. The van der Waals surface area contributed by atoms with Crippen LogP contribution in [0.5, 0.6) is 0 Å². The van der Waals surface area contributed by atoms with Crippen molar-refractivity contribution in [2.75, 3.05) is 13.1 Å². The first kappa shape index (κ1) is 12.0. The van der Waals surface area contributed by atoms with Gasteiger partial charge in [-0.05, 0) is 43.4 Å². The lowest BCUT2D eigenvalue weighted by atomic mass is 9.81. The number of H-pyrrole nitrogens is 1. The molecule has 0 unspecified atom stereocenters. The fourth-order valence-corrected chi connectivity index (χ4v) is 4.15. The van der Waals surface area contributed by atoms with Gasteiger partial charge in [-0.15, -0.1) is 0 Å². The largest absolute Gasteiger partial charge is 0.357 e. The number of rotatable bonds is 1. The van der Waals surface area contributed by atoms with Crippen LogP contribution in [0.1, 0.15) is 36.6 Å². The molecule has 0 saturated carbocycles. The second-order valence-electron chi connectivity index (χ2n) is 6.06. The van der Waals surface area contributed by atoms with E-state index in [-0.39, 0.29) is 0 Å². The summed E-state index contributed by atoms with van der Waals surface area (Å²) in [6.45, 7) is 2.32. The maximum atomic E-state index is 9.12. The zero-order chi connectivity index (χ0) is 13.5. The van der Waals surface area contributed by atoms with Crippen molar-refractivity contribution in [2.45, 2.75) is 31.7 Å².